The minimum Gasteiger partial charge on any atom is -0.507 e. The average molecular weight is 200 g/mol. The van der Waals surface area contributed by atoms with E-state index in [1.807, 2.05) is 6.92 Å². The molecular weight excluding hydrogens is 186 g/mol. The lowest BCUT2D eigenvalue weighted by molar-refractivity contribution is 0.456. The molecule has 0 aromatic heterocycles. The van der Waals surface area contributed by atoms with Crippen molar-refractivity contribution in [2.75, 3.05) is 0 Å². The molecule has 1 aromatic rings. The maximum absolute atomic E-state index is 9.72. The van der Waals surface area contributed by atoms with E-state index in [0.29, 0.717) is 10.6 Å². The lowest BCUT2D eigenvalue weighted by Gasteiger charge is -2.13. The molecule has 0 fully saturated rings. The summed E-state index contributed by atoms with van der Waals surface area (Å²) < 4.78 is 0. The minimum atomic E-state index is -0.115. The highest BCUT2D eigenvalue weighted by Gasteiger charge is 2.12. The molecule has 72 valence electrons. The number of aromatic hydroxyl groups is 1. The van der Waals surface area contributed by atoms with Gasteiger partial charge in [-0.3, -0.25) is 0 Å². The highest BCUT2D eigenvalue weighted by atomic mass is 35.5. The van der Waals surface area contributed by atoms with Crippen LogP contribution in [0, 0.1) is 6.92 Å². The summed E-state index contributed by atoms with van der Waals surface area (Å²) in [7, 11) is 0. The summed E-state index contributed by atoms with van der Waals surface area (Å²) in [5, 5.41) is 10.3. The van der Waals surface area contributed by atoms with Gasteiger partial charge in [-0.1, -0.05) is 24.6 Å². The molecule has 1 rings (SSSR count). The molecule has 1 aromatic carbocycles. The van der Waals surface area contributed by atoms with Crippen LogP contribution in [0.25, 0.3) is 0 Å². The van der Waals surface area contributed by atoms with Crippen molar-refractivity contribution in [1.82, 2.24) is 0 Å². The second-order valence-electron chi connectivity index (χ2n) is 3.12. The van der Waals surface area contributed by atoms with E-state index in [0.717, 1.165) is 12.0 Å². The fourth-order valence-corrected chi connectivity index (χ4v) is 1.37. The van der Waals surface area contributed by atoms with Crippen LogP contribution in [0.3, 0.4) is 0 Å². The molecule has 2 nitrogen and oxygen atoms in total. The van der Waals surface area contributed by atoms with Crippen molar-refractivity contribution in [3.05, 3.63) is 28.3 Å². The van der Waals surface area contributed by atoms with Crippen LogP contribution in [0.5, 0.6) is 5.75 Å². The van der Waals surface area contributed by atoms with Crippen LogP contribution in [-0.2, 0) is 0 Å². The van der Waals surface area contributed by atoms with Crippen LogP contribution in [0.1, 0.15) is 30.5 Å². The first-order valence-electron chi connectivity index (χ1n) is 4.31. The van der Waals surface area contributed by atoms with Crippen LogP contribution in [-0.4, -0.2) is 5.11 Å². The van der Waals surface area contributed by atoms with Gasteiger partial charge in [0.05, 0.1) is 0 Å². The van der Waals surface area contributed by atoms with Gasteiger partial charge in [0.2, 0.25) is 0 Å². The molecule has 0 aliphatic rings. The Balaban J connectivity index is 3.18. The highest BCUT2D eigenvalue weighted by Crippen LogP contribution is 2.32. The number of halogens is 1. The second-order valence-corrected chi connectivity index (χ2v) is 3.53. The lowest BCUT2D eigenvalue weighted by atomic mass is 10.0. The molecule has 0 saturated heterocycles. The molecule has 0 aliphatic heterocycles. The van der Waals surface area contributed by atoms with Gasteiger partial charge in [-0.2, -0.15) is 0 Å². The number of rotatable bonds is 2. The Hall–Kier alpha value is -0.730. The smallest absolute Gasteiger partial charge is 0.124 e. The van der Waals surface area contributed by atoms with E-state index < -0.39 is 0 Å². The predicted octanol–water partition coefficient (Wildman–Crippen LogP) is 2.76. The van der Waals surface area contributed by atoms with Crippen molar-refractivity contribution < 1.29 is 5.11 Å². The summed E-state index contributed by atoms with van der Waals surface area (Å²) in [4.78, 5) is 0. The topological polar surface area (TPSA) is 46.2 Å². The first-order chi connectivity index (χ1) is 6.07. The second kappa shape index (κ2) is 3.99. The Kier molecular flexibility index (Phi) is 3.17. The molecule has 3 heteroatoms. The summed E-state index contributed by atoms with van der Waals surface area (Å²) >= 11 is 5.83. The molecule has 13 heavy (non-hydrogen) atoms. The number of phenols is 1. The average Bonchev–Trinajstić information content (AvgIpc) is 2.13. The third-order valence-electron chi connectivity index (χ3n) is 2.24. The quantitative estimate of drug-likeness (QED) is 0.770. The molecule has 3 N–H and O–H groups in total. The van der Waals surface area contributed by atoms with E-state index in [4.69, 9.17) is 17.3 Å². The maximum atomic E-state index is 9.72. The molecule has 0 saturated carbocycles. The number of nitrogens with two attached hydrogens (primary N) is 1. The van der Waals surface area contributed by atoms with Gasteiger partial charge in [-0.05, 0) is 19.4 Å². The van der Waals surface area contributed by atoms with Crippen molar-refractivity contribution in [3.63, 3.8) is 0 Å². The van der Waals surface area contributed by atoms with E-state index in [-0.39, 0.29) is 11.8 Å². The van der Waals surface area contributed by atoms with E-state index in [9.17, 15) is 5.11 Å². The normalized spacial score (nSPS) is 12.9. The summed E-state index contributed by atoms with van der Waals surface area (Å²) in [6.45, 7) is 3.76. The molecule has 0 unspecified atom stereocenters. The predicted molar refractivity (Wildman–Crippen MR) is 55.1 cm³/mol. The van der Waals surface area contributed by atoms with E-state index >= 15 is 0 Å². The van der Waals surface area contributed by atoms with Crippen molar-refractivity contribution in [2.24, 2.45) is 5.73 Å². The Bertz CT molecular complexity index is 312. The van der Waals surface area contributed by atoms with Crippen LogP contribution >= 0.6 is 11.6 Å². The number of benzene rings is 1. The number of hydrogen-bond acceptors (Lipinski definition) is 2. The van der Waals surface area contributed by atoms with Gasteiger partial charge in [0.25, 0.3) is 0 Å². The zero-order valence-corrected chi connectivity index (χ0v) is 8.60. The van der Waals surface area contributed by atoms with Gasteiger partial charge >= 0.3 is 0 Å². The Labute approximate surface area is 83.3 Å². The monoisotopic (exact) mass is 199 g/mol. The first kappa shape index (κ1) is 10.4. The third-order valence-corrected chi connectivity index (χ3v) is 2.64. The van der Waals surface area contributed by atoms with Crippen LogP contribution in [0.15, 0.2) is 12.1 Å². The lowest BCUT2D eigenvalue weighted by Crippen LogP contribution is -2.09. The summed E-state index contributed by atoms with van der Waals surface area (Å²) in [6.07, 6.45) is 0.800. The van der Waals surface area contributed by atoms with Crippen molar-refractivity contribution in [1.29, 1.82) is 0 Å². The van der Waals surface area contributed by atoms with Crippen molar-refractivity contribution in [2.45, 2.75) is 26.3 Å². The zero-order chi connectivity index (χ0) is 10.0. The number of hydrogen-bond donors (Lipinski definition) is 2. The number of phenolic OH excluding ortho intramolecular Hbond substituents is 1. The summed E-state index contributed by atoms with van der Waals surface area (Å²) in [6, 6.07) is 3.43. The van der Waals surface area contributed by atoms with Crippen LogP contribution < -0.4 is 5.73 Å². The van der Waals surface area contributed by atoms with Gasteiger partial charge in [0.1, 0.15) is 5.75 Å². The molecule has 0 spiro atoms. The Morgan fingerprint density at radius 2 is 2.15 bits per heavy atom. The van der Waals surface area contributed by atoms with Gasteiger partial charge < -0.3 is 10.8 Å². The van der Waals surface area contributed by atoms with Crippen molar-refractivity contribution in [3.8, 4) is 5.75 Å². The fourth-order valence-electron chi connectivity index (χ4n) is 1.22. The Morgan fingerprint density at radius 1 is 1.54 bits per heavy atom. The molecule has 0 heterocycles. The van der Waals surface area contributed by atoms with E-state index in [2.05, 4.69) is 0 Å². The van der Waals surface area contributed by atoms with Gasteiger partial charge in [-0.15, -0.1) is 0 Å². The molecule has 0 radical (unpaired) electrons. The van der Waals surface area contributed by atoms with Crippen LogP contribution in [0.2, 0.25) is 5.02 Å². The zero-order valence-electron chi connectivity index (χ0n) is 7.84. The molecule has 0 bridgehead atoms. The molecule has 0 aliphatic carbocycles. The maximum Gasteiger partial charge on any atom is 0.124 e. The van der Waals surface area contributed by atoms with E-state index in [1.54, 1.807) is 19.1 Å². The fraction of sp³-hybridized carbons (Fsp3) is 0.400. The van der Waals surface area contributed by atoms with Gasteiger partial charge in [-0.25, -0.2) is 0 Å². The summed E-state index contributed by atoms with van der Waals surface area (Å²) in [5.74, 6) is 0.224. The van der Waals surface area contributed by atoms with Crippen LogP contribution in [0.4, 0.5) is 0 Å². The van der Waals surface area contributed by atoms with Gasteiger partial charge in [0, 0.05) is 22.2 Å². The Morgan fingerprint density at radius 3 is 2.69 bits per heavy atom. The van der Waals surface area contributed by atoms with Gasteiger partial charge in [0.15, 0.2) is 0 Å². The minimum absolute atomic E-state index is 0.115. The third kappa shape index (κ3) is 1.95. The van der Waals surface area contributed by atoms with E-state index in [1.165, 1.54) is 0 Å². The largest absolute Gasteiger partial charge is 0.507 e. The SMILES string of the molecule is CC[C@@H](N)c1ccc(Cl)c(C)c1O. The molecule has 1 atom stereocenters. The first-order valence-corrected chi connectivity index (χ1v) is 4.69. The molecule has 0 amide bonds. The van der Waals surface area contributed by atoms with Crippen molar-refractivity contribution >= 4 is 11.6 Å². The highest BCUT2D eigenvalue weighted by molar-refractivity contribution is 6.31. The summed E-state index contributed by atoms with van der Waals surface area (Å²) in [5.41, 5.74) is 7.28. The molecular formula is C10H14ClNO. The standard InChI is InChI=1S/C10H14ClNO/c1-3-9(12)7-4-5-8(11)6(2)10(7)13/h4-5,9,13H,3,12H2,1-2H3/t9-/m1/s1.